The summed E-state index contributed by atoms with van der Waals surface area (Å²) >= 11 is 16.8. The molecule has 0 atom stereocenters. The van der Waals surface area contributed by atoms with Gasteiger partial charge in [0.25, 0.3) is 0 Å². The second-order valence-corrected chi connectivity index (χ2v) is 7.38. The first kappa shape index (κ1) is 16.3. The maximum Gasteiger partial charge on any atom is 0.206 e. The van der Waals surface area contributed by atoms with E-state index in [1.807, 2.05) is 24.3 Å². The summed E-state index contributed by atoms with van der Waals surface area (Å²) < 4.78 is 1.88. The fourth-order valence-corrected chi connectivity index (χ4v) is 4.17. The van der Waals surface area contributed by atoms with E-state index >= 15 is 0 Å². The molecular weight excluding hydrogens is 549 g/mol. The highest BCUT2D eigenvalue weighted by atomic mass is 127. The largest absolute Gasteiger partial charge is 0.206 e. The molecule has 110 valence electrons. The number of hydrogen-bond donors (Lipinski definition) is 0. The van der Waals surface area contributed by atoms with Crippen LogP contribution >= 0.6 is 68.4 Å². The third kappa shape index (κ3) is 3.19. The molecule has 8 heteroatoms. The molecule has 0 aliphatic rings. The Kier molecular flexibility index (Phi) is 5.10. The van der Waals surface area contributed by atoms with Crippen LogP contribution < -0.4 is 0 Å². The van der Waals surface area contributed by atoms with E-state index in [0.29, 0.717) is 21.7 Å². The van der Waals surface area contributed by atoms with Crippen molar-refractivity contribution in [3.8, 4) is 22.8 Å². The number of benzene rings is 2. The van der Waals surface area contributed by atoms with Crippen LogP contribution in [0.5, 0.6) is 0 Å². The van der Waals surface area contributed by atoms with Crippen LogP contribution in [0.4, 0.5) is 0 Å². The number of hydrogen-bond acceptors (Lipinski definition) is 4. The quantitative estimate of drug-likeness (QED) is 0.413. The Hall–Kier alpha value is -0.580. The standard InChI is InChI=1S/C14H6Cl2I2N4/c15-7-3-1-5-9(17)11(7)13-19-21-14(22-20-13)12-8(16)4-2-6-10(12)18/h1-6H. The van der Waals surface area contributed by atoms with Gasteiger partial charge in [-0.05, 0) is 69.4 Å². The van der Waals surface area contributed by atoms with Gasteiger partial charge in [-0.15, -0.1) is 20.4 Å². The fraction of sp³-hybridized carbons (Fsp3) is 0. The molecule has 1 aromatic heterocycles. The van der Waals surface area contributed by atoms with Crippen molar-refractivity contribution in [1.82, 2.24) is 20.4 Å². The molecule has 3 rings (SSSR count). The molecule has 0 aliphatic heterocycles. The van der Waals surface area contributed by atoms with Crippen LogP contribution in [-0.2, 0) is 0 Å². The summed E-state index contributed by atoms with van der Waals surface area (Å²) in [5.41, 5.74) is 1.45. The molecule has 1 heterocycles. The van der Waals surface area contributed by atoms with Gasteiger partial charge in [0, 0.05) is 7.14 Å². The maximum absolute atomic E-state index is 6.21. The van der Waals surface area contributed by atoms with Crippen molar-refractivity contribution in [1.29, 1.82) is 0 Å². The zero-order valence-corrected chi connectivity index (χ0v) is 16.6. The van der Waals surface area contributed by atoms with Crippen molar-refractivity contribution in [3.63, 3.8) is 0 Å². The lowest BCUT2D eigenvalue weighted by atomic mass is 10.2. The van der Waals surface area contributed by atoms with Crippen LogP contribution in [0.3, 0.4) is 0 Å². The van der Waals surface area contributed by atoms with Gasteiger partial charge in [-0.2, -0.15) is 0 Å². The SMILES string of the molecule is Clc1cccc(I)c1-c1nnc(-c2c(Cl)cccc2I)nn1. The van der Waals surface area contributed by atoms with Crippen LogP contribution in [0.1, 0.15) is 0 Å². The number of halogens is 4. The molecule has 0 saturated carbocycles. The summed E-state index contributed by atoms with van der Waals surface area (Å²) in [5.74, 6) is 0.779. The molecule has 0 bridgehead atoms. The molecule has 0 fully saturated rings. The average molecular weight is 555 g/mol. The molecule has 0 unspecified atom stereocenters. The van der Waals surface area contributed by atoms with E-state index in [9.17, 15) is 0 Å². The van der Waals surface area contributed by atoms with Gasteiger partial charge in [-0.25, -0.2) is 0 Å². The van der Waals surface area contributed by atoms with Gasteiger partial charge in [-0.1, -0.05) is 35.3 Å². The van der Waals surface area contributed by atoms with Gasteiger partial charge in [0.05, 0.1) is 21.2 Å². The molecule has 0 saturated heterocycles. The van der Waals surface area contributed by atoms with Crippen molar-refractivity contribution in [2.45, 2.75) is 0 Å². The summed E-state index contributed by atoms with van der Waals surface area (Å²) in [7, 11) is 0. The fourth-order valence-electron chi connectivity index (χ4n) is 1.85. The van der Waals surface area contributed by atoms with Gasteiger partial charge < -0.3 is 0 Å². The van der Waals surface area contributed by atoms with Gasteiger partial charge in [-0.3, -0.25) is 0 Å². The highest BCUT2D eigenvalue weighted by molar-refractivity contribution is 14.1. The van der Waals surface area contributed by atoms with Gasteiger partial charge in [0.1, 0.15) is 0 Å². The molecule has 0 radical (unpaired) electrons. The Labute approximate surface area is 163 Å². The highest BCUT2D eigenvalue weighted by Gasteiger charge is 2.15. The second-order valence-electron chi connectivity index (χ2n) is 4.24. The third-order valence-corrected chi connectivity index (χ3v) is 5.28. The highest BCUT2D eigenvalue weighted by Crippen LogP contribution is 2.31. The van der Waals surface area contributed by atoms with Crippen LogP contribution in [0.15, 0.2) is 36.4 Å². The molecule has 0 amide bonds. The molecule has 3 aromatic rings. The predicted molar refractivity (Wildman–Crippen MR) is 104 cm³/mol. The molecule has 22 heavy (non-hydrogen) atoms. The summed E-state index contributed by atoms with van der Waals surface area (Å²) in [6.45, 7) is 0. The zero-order chi connectivity index (χ0) is 15.7. The van der Waals surface area contributed by atoms with E-state index in [1.165, 1.54) is 0 Å². The Bertz CT molecular complexity index is 730. The predicted octanol–water partition coefficient (Wildman–Crippen LogP) is 5.12. The Balaban J connectivity index is 2.08. The molecule has 0 aliphatic carbocycles. The summed E-state index contributed by atoms with van der Waals surface area (Å²) in [6, 6.07) is 11.2. The van der Waals surface area contributed by atoms with E-state index in [1.54, 1.807) is 12.1 Å². The van der Waals surface area contributed by atoms with Crippen molar-refractivity contribution in [2.75, 3.05) is 0 Å². The van der Waals surface area contributed by atoms with Crippen LogP contribution in [0, 0.1) is 7.14 Å². The Morgan fingerprint density at radius 3 is 1.32 bits per heavy atom. The van der Waals surface area contributed by atoms with Crippen molar-refractivity contribution in [2.24, 2.45) is 0 Å². The lowest BCUT2D eigenvalue weighted by Crippen LogP contribution is -2.02. The first-order valence-electron chi connectivity index (χ1n) is 6.04. The van der Waals surface area contributed by atoms with E-state index < -0.39 is 0 Å². The van der Waals surface area contributed by atoms with Crippen molar-refractivity contribution >= 4 is 68.4 Å². The topological polar surface area (TPSA) is 51.6 Å². The van der Waals surface area contributed by atoms with Crippen LogP contribution in [0.2, 0.25) is 10.0 Å². The average Bonchev–Trinajstić information content (AvgIpc) is 2.48. The van der Waals surface area contributed by atoms with E-state index in [2.05, 4.69) is 65.6 Å². The zero-order valence-electron chi connectivity index (χ0n) is 10.8. The van der Waals surface area contributed by atoms with E-state index in [-0.39, 0.29) is 0 Å². The molecule has 2 aromatic carbocycles. The number of aromatic nitrogens is 4. The maximum atomic E-state index is 6.21. The second kappa shape index (κ2) is 6.90. The number of rotatable bonds is 2. The summed E-state index contributed by atoms with van der Waals surface area (Å²) in [5, 5.41) is 17.7. The minimum atomic E-state index is 0.390. The Morgan fingerprint density at radius 2 is 1.00 bits per heavy atom. The molecule has 0 N–H and O–H groups in total. The van der Waals surface area contributed by atoms with Crippen molar-refractivity contribution in [3.05, 3.63) is 53.6 Å². The minimum Gasteiger partial charge on any atom is -0.126 e. The first-order valence-corrected chi connectivity index (χ1v) is 8.95. The van der Waals surface area contributed by atoms with Gasteiger partial charge in [0.15, 0.2) is 0 Å². The Morgan fingerprint density at radius 1 is 0.636 bits per heavy atom. The molecule has 0 spiro atoms. The van der Waals surface area contributed by atoms with E-state index in [0.717, 1.165) is 18.3 Å². The lowest BCUT2D eigenvalue weighted by molar-refractivity contribution is 0.875. The molecular formula is C14H6Cl2I2N4. The normalized spacial score (nSPS) is 10.7. The van der Waals surface area contributed by atoms with Crippen LogP contribution in [-0.4, -0.2) is 20.4 Å². The summed E-state index contributed by atoms with van der Waals surface area (Å²) in [6.07, 6.45) is 0. The number of nitrogens with zero attached hydrogens (tertiary/aromatic N) is 4. The third-order valence-electron chi connectivity index (χ3n) is 2.85. The first-order chi connectivity index (χ1) is 10.6. The van der Waals surface area contributed by atoms with Gasteiger partial charge >= 0.3 is 0 Å². The lowest BCUT2D eigenvalue weighted by Gasteiger charge is -2.06. The van der Waals surface area contributed by atoms with Gasteiger partial charge in [0.2, 0.25) is 11.6 Å². The minimum absolute atomic E-state index is 0.390. The van der Waals surface area contributed by atoms with Crippen molar-refractivity contribution < 1.29 is 0 Å². The summed E-state index contributed by atoms with van der Waals surface area (Å²) in [4.78, 5) is 0. The smallest absolute Gasteiger partial charge is 0.126 e. The van der Waals surface area contributed by atoms with Crippen LogP contribution in [0.25, 0.3) is 22.8 Å². The monoisotopic (exact) mass is 554 g/mol. The molecule has 4 nitrogen and oxygen atoms in total. The van der Waals surface area contributed by atoms with E-state index in [4.69, 9.17) is 23.2 Å².